The lowest BCUT2D eigenvalue weighted by molar-refractivity contribution is -0.320. The summed E-state index contributed by atoms with van der Waals surface area (Å²) < 4.78 is 0. The fourth-order valence-electron chi connectivity index (χ4n) is 0.909. The molecule has 0 spiro atoms. The van der Waals surface area contributed by atoms with E-state index in [1.54, 1.807) is 0 Å². The zero-order chi connectivity index (χ0) is 11.0. The largest absolute Gasteiger partial charge is 0.342 e. The van der Waals surface area contributed by atoms with Crippen LogP contribution in [0.2, 0.25) is 0 Å². The third-order valence-electron chi connectivity index (χ3n) is 1.62. The third kappa shape index (κ3) is 9.52. The predicted octanol–water partition coefficient (Wildman–Crippen LogP) is 3.23. The van der Waals surface area contributed by atoms with E-state index >= 15 is 0 Å². The Morgan fingerprint density at radius 2 is 1.79 bits per heavy atom. The number of carbonyl (C=O) groups is 1. The van der Waals surface area contributed by atoms with Crippen LogP contribution in [0.15, 0.2) is 0 Å². The van der Waals surface area contributed by atoms with E-state index in [1.165, 1.54) is 12.8 Å². The summed E-state index contributed by atoms with van der Waals surface area (Å²) in [6.07, 6.45) is 4.78. The van der Waals surface area contributed by atoms with Crippen molar-refractivity contribution in [2.75, 3.05) is 0 Å². The summed E-state index contributed by atoms with van der Waals surface area (Å²) in [7, 11) is 0. The van der Waals surface area contributed by atoms with Crippen LogP contribution in [0, 0.1) is 0 Å². The molecule has 0 atom stereocenters. The zero-order valence-corrected chi connectivity index (χ0v) is 9.76. The number of carbonyl (C=O) groups excluding carboxylic acids is 1. The standard InChI is InChI=1S/C11H22O3/c1-5-6-7-8-9-10(12)13-14-11(2,3)4/h5-9H2,1-4H3. The molecule has 0 unspecified atom stereocenters. The quantitative estimate of drug-likeness (QED) is 0.377. The minimum atomic E-state index is -0.418. The maximum Gasteiger partial charge on any atom is 0.342 e. The van der Waals surface area contributed by atoms with Gasteiger partial charge in [0.1, 0.15) is 5.60 Å². The highest BCUT2D eigenvalue weighted by molar-refractivity contribution is 5.68. The van der Waals surface area contributed by atoms with Gasteiger partial charge in [0.15, 0.2) is 0 Å². The molecule has 0 aromatic carbocycles. The maximum absolute atomic E-state index is 11.1. The summed E-state index contributed by atoms with van der Waals surface area (Å²) in [5.41, 5.74) is -0.418. The minimum Gasteiger partial charge on any atom is -0.298 e. The summed E-state index contributed by atoms with van der Waals surface area (Å²) in [4.78, 5) is 20.7. The van der Waals surface area contributed by atoms with Gasteiger partial charge in [-0.2, -0.15) is 4.89 Å². The van der Waals surface area contributed by atoms with Crippen LogP contribution in [-0.2, 0) is 14.6 Å². The molecule has 0 amide bonds. The summed E-state index contributed by atoms with van der Waals surface area (Å²) in [6, 6.07) is 0. The number of unbranched alkanes of at least 4 members (excludes halogenated alkanes) is 3. The number of rotatable bonds is 6. The van der Waals surface area contributed by atoms with E-state index in [4.69, 9.17) is 4.89 Å². The van der Waals surface area contributed by atoms with Gasteiger partial charge in [0.2, 0.25) is 0 Å². The Hall–Kier alpha value is -0.570. The van der Waals surface area contributed by atoms with Gasteiger partial charge in [0.05, 0.1) is 0 Å². The summed E-state index contributed by atoms with van der Waals surface area (Å²) in [5, 5.41) is 0. The van der Waals surface area contributed by atoms with E-state index < -0.39 is 5.60 Å². The topological polar surface area (TPSA) is 35.5 Å². The average Bonchev–Trinajstić information content (AvgIpc) is 2.08. The molecule has 0 heterocycles. The van der Waals surface area contributed by atoms with Crippen LogP contribution >= 0.6 is 0 Å². The highest BCUT2D eigenvalue weighted by Crippen LogP contribution is 2.09. The highest BCUT2D eigenvalue weighted by Gasteiger charge is 2.14. The molecule has 14 heavy (non-hydrogen) atoms. The normalized spacial score (nSPS) is 11.4. The first kappa shape index (κ1) is 13.4. The van der Waals surface area contributed by atoms with Crippen molar-refractivity contribution in [1.29, 1.82) is 0 Å². The second-order valence-corrected chi connectivity index (χ2v) is 4.46. The molecule has 0 aromatic rings. The van der Waals surface area contributed by atoms with Gasteiger partial charge in [-0.25, -0.2) is 4.79 Å². The van der Waals surface area contributed by atoms with Gasteiger partial charge in [0, 0.05) is 6.42 Å². The summed E-state index contributed by atoms with van der Waals surface area (Å²) >= 11 is 0. The molecule has 84 valence electrons. The van der Waals surface area contributed by atoms with Crippen LogP contribution in [0.25, 0.3) is 0 Å². The van der Waals surface area contributed by atoms with E-state index in [-0.39, 0.29) is 5.97 Å². The maximum atomic E-state index is 11.1. The lowest BCUT2D eigenvalue weighted by Gasteiger charge is -2.16. The molecule has 0 fully saturated rings. The van der Waals surface area contributed by atoms with Crippen LogP contribution in [0.1, 0.15) is 59.8 Å². The molecule has 0 aromatic heterocycles. The lowest BCUT2D eigenvalue weighted by atomic mass is 10.2. The molecule has 0 aliphatic heterocycles. The van der Waals surface area contributed by atoms with E-state index in [9.17, 15) is 4.79 Å². The van der Waals surface area contributed by atoms with Gasteiger partial charge in [-0.3, -0.25) is 4.89 Å². The number of hydrogen-bond donors (Lipinski definition) is 0. The van der Waals surface area contributed by atoms with Gasteiger partial charge in [-0.1, -0.05) is 26.2 Å². The second-order valence-electron chi connectivity index (χ2n) is 4.46. The fraction of sp³-hybridized carbons (Fsp3) is 0.909. The summed E-state index contributed by atoms with van der Waals surface area (Å²) in [5.74, 6) is -0.268. The fourth-order valence-corrected chi connectivity index (χ4v) is 0.909. The van der Waals surface area contributed by atoms with Crippen molar-refractivity contribution in [2.24, 2.45) is 0 Å². The molecule has 0 N–H and O–H groups in total. The monoisotopic (exact) mass is 202 g/mol. The van der Waals surface area contributed by atoms with Gasteiger partial charge < -0.3 is 0 Å². The van der Waals surface area contributed by atoms with Crippen LogP contribution in [-0.4, -0.2) is 11.6 Å². The minimum absolute atomic E-state index is 0.268. The number of hydrogen-bond acceptors (Lipinski definition) is 3. The van der Waals surface area contributed by atoms with E-state index in [1.807, 2.05) is 20.8 Å². The molecule has 0 radical (unpaired) electrons. The predicted molar refractivity (Wildman–Crippen MR) is 55.7 cm³/mol. The molecule has 0 aliphatic carbocycles. The third-order valence-corrected chi connectivity index (χ3v) is 1.62. The molecule has 3 nitrogen and oxygen atoms in total. The Balaban J connectivity index is 3.38. The Kier molecular flexibility index (Phi) is 6.54. The van der Waals surface area contributed by atoms with Gasteiger partial charge >= 0.3 is 5.97 Å². The molecular weight excluding hydrogens is 180 g/mol. The lowest BCUT2D eigenvalue weighted by Crippen LogP contribution is -2.21. The average molecular weight is 202 g/mol. The Bertz CT molecular complexity index is 158. The van der Waals surface area contributed by atoms with Gasteiger partial charge in [-0.05, 0) is 27.2 Å². The molecule has 0 saturated carbocycles. The molecular formula is C11H22O3. The van der Waals surface area contributed by atoms with E-state index in [2.05, 4.69) is 11.8 Å². The van der Waals surface area contributed by atoms with Crippen molar-refractivity contribution in [1.82, 2.24) is 0 Å². The van der Waals surface area contributed by atoms with Gasteiger partial charge in [-0.15, -0.1) is 0 Å². The van der Waals surface area contributed by atoms with Crippen LogP contribution in [0.4, 0.5) is 0 Å². The van der Waals surface area contributed by atoms with Crippen molar-refractivity contribution in [2.45, 2.75) is 65.4 Å². The first-order valence-electron chi connectivity index (χ1n) is 5.34. The van der Waals surface area contributed by atoms with E-state index in [0.29, 0.717) is 6.42 Å². The Morgan fingerprint density at radius 3 is 2.29 bits per heavy atom. The van der Waals surface area contributed by atoms with Crippen LogP contribution < -0.4 is 0 Å². The van der Waals surface area contributed by atoms with Crippen molar-refractivity contribution in [3.8, 4) is 0 Å². The highest BCUT2D eigenvalue weighted by atomic mass is 17.2. The molecule has 0 rings (SSSR count). The summed E-state index contributed by atoms with van der Waals surface area (Å²) in [6.45, 7) is 7.67. The molecule has 0 aliphatic rings. The second kappa shape index (κ2) is 6.82. The van der Waals surface area contributed by atoms with Crippen molar-refractivity contribution in [3.05, 3.63) is 0 Å². The van der Waals surface area contributed by atoms with Crippen LogP contribution in [0.3, 0.4) is 0 Å². The SMILES string of the molecule is CCCCCCC(=O)OOC(C)(C)C. The van der Waals surface area contributed by atoms with Crippen LogP contribution in [0.5, 0.6) is 0 Å². The van der Waals surface area contributed by atoms with Crippen molar-refractivity contribution < 1.29 is 14.6 Å². The van der Waals surface area contributed by atoms with Crippen molar-refractivity contribution >= 4 is 5.97 Å². The van der Waals surface area contributed by atoms with Gasteiger partial charge in [0.25, 0.3) is 0 Å². The molecule has 0 saturated heterocycles. The Labute approximate surface area is 86.7 Å². The molecule has 0 bridgehead atoms. The molecule has 3 heteroatoms. The first-order valence-corrected chi connectivity index (χ1v) is 5.34. The first-order chi connectivity index (χ1) is 6.45. The zero-order valence-electron chi connectivity index (χ0n) is 9.76. The Morgan fingerprint density at radius 1 is 1.14 bits per heavy atom. The smallest absolute Gasteiger partial charge is 0.298 e. The van der Waals surface area contributed by atoms with E-state index in [0.717, 1.165) is 12.8 Å². The van der Waals surface area contributed by atoms with Crippen molar-refractivity contribution in [3.63, 3.8) is 0 Å².